The molecule has 2 heterocycles. The lowest BCUT2D eigenvalue weighted by Crippen LogP contribution is -2.36. The van der Waals surface area contributed by atoms with Crippen molar-refractivity contribution >= 4 is 5.69 Å². The fraction of sp³-hybridized carbons (Fsp3) is 0.667. The Bertz CT molecular complexity index is 577. The first-order valence-corrected chi connectivity index (χ1v) is 8.57. The van der Waals surface area contributed by atoms with E-state index >= 15 is 0 Å². The van der Waals surface area contributed by atoms with Gasteiger partial charge >= 0.3 is 0 Å². The molecule has 1 fully saturated rings. The number of aliphatic hydroxyl groups is 1. The third-order valence-corrected chi connectivity index (χ3v) is 5.07. The molecule has 0 amide bonds. The van der Waals surface area contributed by atoms with Gasteiger partial charge in [0.15, 0.2) is 11.5 Å². The quantitative estimate of drug-likeness (QED) is 0.746. The molecule has 0 radical (unpaired) electrons. The van der Waals surface area contributed by atoms with E-state index in [1.807, 2.05) is 6.07 Å². The van der Waals surface area contributed by atoms with Crippen LogP contribution in [0.1, 0.15) is 37.4 Å². The first-order valence-electron chi connectivity index (χ1n) is 8.57. The molecule has 1 aromatic rings. The topological polar surface area (TPSA) is 69.2 Å². The molecule has 0 aromatic heterocycles. The molecular weight excluding hydrogens is 310 g/mol. The van der Waals surface area contributed by atoms with Crippen LogP contribution in [0.4, 0.5) is 5.69 Å². The number of hydrogen-bond acceptors (Lipinski definition) is 6. The Hall–Kier alpha value is -1.66. The zero-order valence-electron chi connectivity index (χ0n) is 14.6. The van der Waals surface area contributed by atoms with Crippen LogP contribution in [0.2, 0.25) is 0 Å². The number of anilines is 1. The highest BCUT2D eigenvalue weighted by atomic mass is 16.5. The lowest BCUT2D eigenvalue weighted by Gasteiger charge is -2.37. The zero-order valence-corrected chi connectivity index (χ0v) is 14.6. The van der Waals surface area contributed by atoms with E-state index in [1.54, 1.807) is 21.3 Å². The number of hydrogen-bond donors (Lipinski definition) is 2. The normalized spacial score (nSPS) is 24.8. The fourth-order valence-corrected chi connectivity index (χ4v) is 3.97. The second-order valence-electron chi connectivity index (χ2n) is 6.32. The molecule has 1 aromatic carbocycles. The molecule has 2 aliphatic heterocycles. The summed E-state index contributed by atoms with van der Waals surface area (Å²) in [5, 5.41) is 12.7. The average Bonchev–Trinajstić information content (AvgIpc) is 3.09. The summed E-state index contributed by atoms with van der Waals surface area (Å²) in [5.41, 5.74) is 2.01. The van der Waals surface area contributed by atoms with Gasteiger partial charge in [-0.3, -0.25) is 0 Å². The van der Waals surface area contributed by atoms with E-state index in [1.165, 1.54) is 0 Å². The van der Waals surface area contributed by atoms with Crippen molar-refractivity contribution in [2.24, 2.45) is 5.92 Å². The van der Waals surface area contributed by atoms with Gasteiger partial charge in [-0.05, 0) is 25.7 Å². The first-order chi connectivity index (χ1) is 11.7. The van der Waals surface area contributed by atoms with Gasteiger partial charge in [0, 0.05) is 36.9 Å². The van der Waals surface area contributed by atoms with Gasteiger partial charge in [0.2, 0.25) is 5.75 Å². The molecule has 24 heavy (non-hydrogen) atoms. The molecule has 0 saturated carbocycles. The molecule has 0 spiro atoms. The Morgan fingerprint density at radius 3 is 2.62 bits per heavy atom. The first kappa shape index (κ1) is 17.2. The molecule has 6 nitrogen and oxygen atoms in total. The van der Waals surface area contributed by atoms with Gasteiger partial charge in [0.05, 0.1) is 33.0 Å². The van der Waals surface area contributed by atoms with Gasteiger partial charge in [-0.2, -0.15) is 0 Å². The summed E-state index contributed by atoms with van der Waals surface area (Å²) in [6.45, 7) is 0.997. The van der Waals surface area contributed by atoms with E-state index in [0.717, 1.165) is 43.5 Å². The van der Waals surface area contributed by atoms with Crippen LogP contribution in [0, 0.1) is 5.92 Å². The molecular formula is C18H27NO5. The number of ether oxygens (including phenoxy) is 4. The van der Waals surface area contributed by atoms with Crippen molar-refractivity contribution in [3.05, 3.63) is 11.6 Å². The summed E-state index contributed by atoms with van der Waals surface area (Å²) in [4.78, 5) is 0. The lowest BCUT2D eigenvalue weighted by molar-refractivity contribution is 0.0789. The highest BCUT2D eigenvalue weighted by Gasteiger charge is 2.43. The summed E-state index contributed by atoms with van der Waals surface area (Å²) in [5.74, 6) is 2.34. The van der Waals surface area contributed by atoms with E-state index in [-0.39, 0.29) is 12.7 Å². The molecule has 6 heteroatoms. The van der Waals surface area contributed by atoms with E-state index < -0.39 is 0 Å². The summed E-state index contributed by atoms with van der Waals surface area (Å²) in [6, 6.07) is 2.30. The van der Waals surface area contributed by atoms with E-state index in [0.29, 0.717) is 29.2 Å². The second-order valence-corrected chi connectivity index (χ2v) is 6.32. The fourth-order valence-electron chi connectivity index (χ4n) is 3.97. The maximum atomic E-state index is 9.04. The van der Waals surface area contributed by atoms with Crippen LogP contribution < -0.4 is 19.5 Å². The molecule has 2 N–H and O–H groups in total. The van der Waals surface area contributed by atoms with Crippen LogP contribution in [-0.2, 0) is 4.74 Å². The molecule has 0 aliphatic carbocycles. The Morgan fingerprint density at radius 1 is 1.17 bits per heavy atom. The average molecular weight is 337 g/mol. The van der Waals surface area contributed by atoms with E-state index in [4.69, 9.17) is 24.1 Å². The largest absolute Gasteiger partial charge is 0.493 e. The third kappa shape index (κ3) is 2.89. The second kappa shape index (κ2) is 7.49. The van der Waals surface area contributed by atoms with Crippen molar-refractivity contribution in [1.29, 1.82) is 0 Å². The van der Waals surface area contributed by atoms with Crippen LogP contribution >= 0.6 is 0 Å². The molecule has 2 aliphatic rings. The molecule has 3 rings (SSSR count). The minimum Gasteiger partial charge on any atom is -0.493 e. The number of fused-ring (bicyclic) bond motifs is 3. The SMILES string of the molecule is COc1cc2c(c(OC)c1OC)[C@H]1OCC[C@H]1[C@@H](CCCCO)N2. The zero-order chi connectivity index (χ0) is 17.1. The smallest absolute Gasteiger partial charge is 0.203 e. The van der Waals surface area contributed by atoms with Crippen LogP contribution in [0.3, 0.4) is 0 Å². The van der Waals surface area contributed by atoms with E-state index in [9.17, 15) is 0 Å². The van der Waals surface area contributed by atoms with Crippen LogP contribution in [0.25, 0.3) is 0 Å². The van der Waals surface area contributed by atoms with Gasteiger partial charge in [0.25, 0.3) is 0 Å². The minimum absolute atomic E-state index is 0.00938. The Kier molecular flexibility index (Phi) is 5.36. The van der Waals surface area contributed by atoms with Gasteiger partial charge < -0.3 is 29.4 Å². The Labute approximate surface area is 143 Å². The predicted octanol–water partition coefficient (Wildman–Crippen LogP) is 2.75. The van der Waals surface area contributed by atoms with Crippen molar-refractivity contribution in [3.8, 4) is 17.2 Å². The highest BCUT2D eigenvalue weighted by Crippen LogP contribution is 2.54. The molecule has 1 saturated heterocycles. The third-order valence-electron chi connectivity index (χ3n) is 5.07. The number of aliphatic hydroxyl groups excluding tert-OH is 1. The molecule has 134 valence electrons. The van der Waals surface area contributed by atoms with Crippen LogP contribution in [0.5, 0.6) is 17.2 Å². The van der Waals surface area contributed by atoms with Crippen molar-refractivity contribution < 1.29 is 24.1 Å². The van der Waals surface area contributed by atoms with Gasteiger partial charge in [-0.1, -0.05) is 0 Å². The summed E-state index contributed by atoms with van der Waals surface area (Å²) in [7, 11) is 4.89. The standard InChI is InChI=1S/C18H27NO5/c1-21-14-10-13-15(18(23-3)17(14)22-2)16-11(7-9-24-16)12(19-13)6-4-5-8-20/h10-12,16,19-20H,4-9H2,1-3H3/t11-,12+,16-/m0/s1. The maximum Gasteiger partial charge on any atom is 0.203 e. The highest BCUT2D eigenvalue weighted by molar-refractivity contribution is 5.71. The lowest BCUT2D eigenvalue weighted by atomic mass is 9.81. The van der Waals surface area contributed by atoms with Gasteiger partial charge in [-0.15, -0.1) is 0 Å². The van der Waals surface area contributed by atoms with Crippen molar-refractivity contribution in [2.45, 2.75) is 37.8 Å². The molecule has 0 bridgehead atoms. The number of nitrogens with one attached hydrogen (secondary N) is 1. The number of rotatable bonds is 7. The summed E-state index contributed by atoms with van der Waals surface area (Å²) < 4.78 is 22.7. The van der Waals surface area contributed by atoms with Crippen LogP contribution in [-0.4, -0.2) is 45.7 Å². The van der Waals surface area contributed by atoms with Gasteiger partial charge in [-0.25, -0.2) is 0 Å². The number of benzene rings is 1. The van der Waals surface area contributed by atoms with Crippen molar-refractivity contribution in [1.82, 2.24) is 0 Å². The summed E-state index contributed by atoms with van der Waals surface area (Å²) in [6.07, 6.45) is 3.88. The number of methoxy groups -OCH3 is 3. The van der Waals surface area contributed by atoms with Crippen molar-refractivity contribution in [3.63, 3.8) is 0 Å². The monoisotopic (exact) mass is 337 g/mol. The Morgan fingerprint density at radius 2 is 1.96 bits per heavy atom. The predicted molar refractivity (Wildman–Crippen MR) is 91.2 cm³/mol. The maximum absolute atomic E-state index is 9.04. The van der Waals surface area contributed by atoms with Crippen molar-refractivity contribution in [2.75, 3.05) is 39.9 Å². The molecule has 0 unspecified atom stereocenters. The van der Waals surface area contributed by atoms with Gasteiger partial charge in [0.1, 0.15) is 0 Å². The number of unbranched alkanes of at least 4 members (excludes halogenated alkanes) is 1. The Balaban J connectivity index is 2.00. The van der Waals surface area contributed by atoms with E-state index in [2.05, 4.69) is 5.32 Å². The molecule has 3 atom stereocenters. The summed E-state index contributed by atoms with van der Waals surface area (Å²) >= 11 is 0. The minimum atomic E-state index is 0.00938. The van der Waals surface area contributed by atoms with Crippen LogP contribution in [0.15, 0.2) is 6.07 Å².